The first-order chi connectivity index (χ1) is 8.65. The summed E-state index contributed by atoms with van der Waals surface area (Å²) < 4.78 is 1.84. The largest absolute Gasteiger partial charge is 0.234 e. The predicted octanol–water partition coefficient (Wildman–Crippen LogP) is 3.28. The Balaban J connectivity index is 2.14. The van der Waals surface area contributed by atoms with Crippen LogP contribution in [-0.2, 0) is 0 Å². The zero-order valence-electron chi connectivity index (χ0n) is 10.6. The second kappa shape index (κ2) is 4.17. The number of hydrogen-bond acceptors (Lipinski definition) is 4. The molecule has 2 heterocycles. The Morgan fingerprint density at radius 1 is 1.11 bits per heavy atom. The van der Waals surface area contributed by atoms with Crippen LogP contribution in [0.5, 0.6) is 0 Å². The summed E-state index contributed by atoms with van der Waals surface area (Å²) in [5.41, 5.74) is 2.29. The van der Waals surface area contributed by atoms with E-state index in [0.717, 1.165) is 21.4 Å². The van der Waals surface area contributed by atoms with Crippen molar-refractivity contribution in [2.75, 3.05) is 0 Å². The fraction of sp³-hybridized carbons (Fsp3) is 0.308. The number of aromatic nitrogens is 4. The average Bonchev–Trinajstić information content (AvgIpc) is 2.89. The van der Waals surface area contributed by atoms with E-state index in [4.69, 9.17) is 0 Å². The molecule has 0 bridgehead atoms. The van der Waals surface area contributed by atoms with Gasteiger partial charge in [0, 0.05) is 11.5 Å². The van der Waals surface area contributed by atoms with Gasteiger partial charge in [0.25, 0.3) is 0 Å². The molecule has 18 heavy (non-hydrogen) atoms. The van der Waals surface area contributed by atoms with Gasteiger partial charge in [-0.25, -0.2) is 0 Å². The van der Waals surface area contributed by atoms with E-state index in [9.17, 15) is 0 Å². The van der Waals surface area contributed by atoms with Gasteiger partial charge < -0.3 is 0 Å². The second-order valence-electron chi connectivity index (χ2n) is 4.68. The van der Waals surface area contributed by atoms with Crippen LogP contribution >= 0.6 is 11.3 Å². The number of rotatable bonds is 2. The van der Waals surface area contributed by atoms with Gasteiger partial charge in [0.15, 0.2) is 5.82 Å². The van der Waals surface area contributed by atoms with Crippen LogP contribution in [0.25, 0.3) is 16.3 Å². The molecule has 0 amide bonds. The van der Waals surface area contributed by atoms with E-state index in [-0.39, 0.29) is 0 Å². The van der Waals surface area contributed by atoms with Crippen molar-refractivity contribution in [1.82, 2.24) is 19.8 Å². The van der Waals surface area contributed by atoms with Crippen LogP contribution < -0.4 is 0 Å². The number of nitrogens with zero attached hydrogens (tertiary/aromatic N) is 4. The van der Waals surface area contributed by atoms with Crippen LogP contribution in [0, 0.1) is 6.92 Å². The molecule has 0 fully saturated rings. The standard InChI is InChI=1S/C13H14N4S/c1-8(2)12-16-17-11(14-15-13(17)18-12)10-6-4-9(3)5-7-10/h4-8H,1-3H3. The van der Waals surface area contributed by atoms with E-state index >= 15 is 0 Å². The van der Waals surface area contributed by atoms with Gasteiger partial charge in [-0.1, -0.05) is 55.0 Å². The number of benzene rings is 1. The smallest absolute Gasteiger partial charge is 0.183 e. The van der Waals surface area contributed by atoms with Crippen molar-refractivity contribution < 1.29 is 0 Å². The van der Waals surface area contributed by atoms with E-state index in [1.165, 1.54) is 5.56 Å². The summed E-state index contributed by atoms with van der Waals surface area (Å²) in [6.45, 7) is 6.34. The number of aryl methyl sites for hydroxylation is 1. The maximum atomic E-state index is 4.58. The lowest BCUT2D eigenvalue weighted by Crippen LogP contribution is -1.93. The molecule has 3 aromatic rings. The number of hydrogen-bond donors (Lipinski definition) is 0. The molecule has 0 N–H and O–H groups in total. The fourth-order valence-electron chi connectivity index (χ4n) is 1.75. The fourth-order valence-corrected chi connectivity index (χ4v) is 2.59. The number of fused-ring (bicyclic) bond motifs is 1. The van der Waals surface area contributed by atoms with Gasteiger partial charge in [0.1, 0.15) is 5.01 Å². The van der Waals surface area contributed by atoms with Crippen LogP contribution in [0.3, 0.4) is 0 Å². The molecule has 3 rings (SSSR count). The van der Waals surface area contributed by atoms with E-state index in [1.807, 2.05) is 4.52 Å². The van der Waals surface area contributed by atoms with Crippen molar-refractivity contribution in [2.24, 2.45) is 0 Å². The topological polar surface area (TPSA) is 43.1 Å². The van der Waals surface area contributed by atoms with Crippen molar-refractivity contribution in [2.45, 2.75) is 26.7 Å². The van der Waals surface area contributed by atoms with Gasteiger partial charge in [-0.2, -0.15) is 9.61 Å². The first kappa shape index (κ1) is 11.3. The van der Waals surface area contributed by atoms with Gasteiger partial charge in [0.2, 0.25) is 4.96 Å². The van der Waals surface area contributed by atoms with Gasteiger partial charge in [-0.3, -0.25) is 0 Å². The van der Waals surface area contributed by atoms with Gasteiger partial charge in [-0.15, -0.1) is 10.2 Å². The third kappa shape index (κ3) is 1.80. The Bertz CT molecular complexity index is 679. The monoisotopic (exact) mass is 258 g/mol. The molecule has 5 heteroatoms. The Labute approximate surface area is 109 Å². The SMILES string of the molecule is Cc1ccc(-c2nnc3sc(C(C)C)nn23)cc1. The highest BCUT2D eigenvalue weighted by atomic mass is 32.1. The zero-order chi connectivity index (χ0) is 12.7. The quantitative estimate of drug-likeness (QED) is 0.708. The molecule has 2 aromatic heterocycles. The summed E-state index contributed by atoms with van der Waals surface area (Å²) in [5, 5.41) is 14.1. The summed E-state index contributed by atoms with van der Waals surface area (Å²) >= 11 is 1.60. The average molecular weight is 258 g/mol. The maximum Gasteiger partial charge on any atom is 0.234 e. The molecule has 0 aliphatic rings. The van der Waals surface area contributed by atoms with Crippen LogP contribution in [0.4, 0.5) is 0 Å². The van der Waals surface area contributed by atoms with Crippen molar-refractivity contribution in [1.29, 1.82) is 0 Å². The second-order valence-corrected chi connectivity index (χ2v) is 5.67. The van der Waals surface area contributed by atoms with Gasteiger partial charge in [0.05, 0.1) is 0 Å². The third-order valence-electron chi connectivity index (χ3n) is 2.81. The minimum Gasteiger partial charge on any atom is -0.183 e. The highest BCUT2D eigenvalue weighted by Gasteiger charge is 2.14. The molecule has 4 nitrogen and oxygen atoms in total. The van der Waals surface area contributed by atoms with Crippen molar-refractivity contribution >= 4 is 16.3 Å². The lowest BCUT2D eigenvalue weighted by molar-refractivity contribution is 0.802. The molecular formula is C13H14N4S. The maximum absolute atomic E-state index is 4.58. The Kier molecular flexibility index (Phi) is 2.63. The summed E-state index contributed by atoms with van der Waals surface area (Å²) in [4.78, 5) is 0.856. The van der Waals surface area contributed by atoms with E-state index in [2.05, 4.69) is 60.3 Å². The molecule has 1 aromatic carbocycles. The Morgan fingerprint density at radius 3 is 2.50 bits per heavy atom. The van der Waals surface area contributed by atoms with E-state index < -0.39 is 0 Å². The molecule has 0 aliphatic carbocycles. The molecule has 0 saturated carbocycles. The predicted molar refractivity (Wildman–Crippen MR) is 72.9 cm³/mol. The van der Waals surface area contributed by atoms with E-state index in [1.54, 1.807) is 11.3 Å². The molecule has 0 aliphatic heterocycles. The lowest BCUT2D eigenvalue weighted by Gasteiger charge is -1.98. The summed E-state index contributed by atoms with van der Waals surface area (Å²) in [6, 6.07) is 8.26. The molecule has 0 atom stereocenters. The van der Waals surface area contributed by atoms with Gasteiger partial charge >= 0.3 is 0 Å². The minimum absolute atomic E-state index is 0.419. The highest BCUT2D eigenvalue weighted by molar-refractivity contribution is 7.16. The van der Waals surface area contributed by atoms with Crippen molar-refractivity contribution in [3.05, 3.63) is 34.8 Å². The summed E-state index contributed by atoms with van der Waals surface area (Å²) in [6.07, 6.45) is 0. The molecule has 0 saturated heterocycles. The summed E-state index contributed by atoms with van der Waals surface area (Å²) in [7, 11) is 0. The lowest BCUT2D eigenvalue weighted by atomic mass is 10.1. The van der Waals surface area contributed by atoms with Crippen molar-refractivity contribution in [3.8, 4) is 11.4 Å². The molecule has 0 spiro atoms. The van der Waals surface area contributed by atoms with E-state index in [0.29, 0.717) is 5.92 Å². The Hall–Kier alpha value is -1.75. The van der Waals surface area contributed by atoms with Gasteiger partial charge in [-0.05, 0) is 6.92 Å². The van der Waals surface area contributed by atoms with Crippen LogP contribution in [0.1, 0.15) is 30.3 Å². The third-order valence-corrected chi connectivity index (χ3v) is 4.01. The van der Waals surface area contributed by atoms with Crippen LogP contribution in [0.2, 0.25) is 0 Å². The van der Waals surface area contributed by atoms with Crippen molar-refractivity contribution in [3.63, 3.8) is 0 Å². The minimum atomic E-state index is 0.419. The molecule has 0 unspecified atom stereocenters. The highest BCUT2D eigenvalue weighted by Crippen LogP contribution is 2.25. The van der Waals surface area contributed by atoms with Crippen LogP contribution in [0.15, 0.2) is 24.3 Å². The van der Waals surface area contributed by atoms with Crippen LogP contribution in [-0.4, -0.2) is 19.8 Å². The first-order valence-corrected chi connectivity index (χ1v) is 6.76. The Morgan fingerprint density at radius 2 is 1.83 bits per heavy atom. The molecule has 92 valence electrons. The zero-order valence-corrected chi connectivity index (χ0v) is 11.4. The summed E-state index contributed by atoms with van der Waals surface area (Å²) in [5.74, 6) is 1.23. The first-order valence-electron chi connectivity index (χ1n) is 5.94. The molecule has 0 radical (unpaired) electrons. The normalized spacial score (nSPS) is 11.6. The molecular weight excluding hydrogens is 244 g/mol.